The zero-order chi connectivity index (χ0) is 14.5. The highest BCUT2D eigenvalue weighted by Crippen LogP contribution is 2.32. The number of anilines is 1. The Balaban J connectivity index is 2.23. The lowest BCUT2D eigenvalue weighted by Crippen LogP contribution is -2.45. The topological polar surface area (TPSA) is 90.9 Å². The van der Waals surface area contributed by atoms with Crippen molar-refractivity contribution in [3.8, 4) is 5.75 Å². The molecule has 0 aromatic heterocycles. The van der Waals surface area contributed by atoms with Crippen molar-refractivity contribution in [2.24, 2.45) is 5.73 Å². The zero-order valence-corrected chi connectivity index (χ0v) is 11.4. The van der Waals surface area contributed by atoms with E-state index in [4.69, 9.17) is 15.2 Å². The van der Waals surface area contributed by atoms with Crippen LogP contribution < -0.4 is 15.4 Å². The molecule has 0 radical (unpaired) electrons. The Labute approximate surface area is 117 Å². The van der Waals surface area contributed by atoms with Gasteiger partial charge >= 0.3 is 5.69 Å². The van der Waals surface area contributed by atoms with E-state index in [9.17, 15) is 10.1 Å². The fraction of sp³-hybridized carbons (Fsp3) is 0.538. The summed E-state index contributed by atoms with van der Waals surface area (Å²) in [5, 5.41) is 11.0. The van der Waals surface area contributed by atoms with E-state index in [0.717, 1.165) is 12.2 Å². The summed E-state index contributed by atoms with van der Waals surface area (Å²) < 4.78 is 10.9. The number of benzene rings is 1. The van der Waals surface area contributed by atoms with Crippen LogP contribution in [0.5, 0.6) is 5.75 Å². The molecule has 2 rings (SSSR count). The Morgan fingerprint density at radius 2 is 2.40 bits per heavy atom. The first-order valence-corrected chi connectivity index (χ1v) is 6.63. The summed E-state index contributed by atoms with van der Waals surface area (Å²) in [5.74, 6) is 0.297. The van der Waals surface area contributed by atoms with E-state index >= 15 is 0 Å². The fourth-order valence-electron chi connectivity index (χ4n) is 2.22. The molecule has 1 saturated heterocycles. The highest BCUT2D eigenvalue weighted by Gasteiger charge is 2.22. The van der Waals surface area contributed by atoms with Crippen LogP contribution in [0.3, 0.4) is 0 Å². The van der Waals surface area contributed by atoms with Gasteiger partial charge in [-0.25, -0.2) is 0 Å². The van der Waals surface area contributed by atoms with Gasteiger partial charge < -0.3 is 20.1 Å². The van der Waals surface area contributed by atoms with Crippen molar-refractivity contribution < 1.29 is 14.4 Å². The number of hydrogen-bond donors (Lipinski definition) is 1. The van der Waals surface area contributed by atoms with Crippen LogP contribution in [0, 0.1) is 10.1 Å². The average Bonchev–Trinajstić information content (AvgIpc) is 2.47. The van der Waals surface area contributed by atoms with E-state index in [1.807, 2.05) is 0 Å². The second kappa shape index (κ2) is 6.53. The molecule has 20 heavy (non-hydrogen) atoms. The molecule has 1 fully saturated rings. The van der Waals surface area contributed by atoms with Gasteiger partial charge in [0.15, 0.2) is 5.75 Å². The Bertz CT molecular complexity index is 481. The van der Waals surface area contributed by atoms with Gasteiger partial charge in [0.25, 0.3) is 0 Å². The molecule has 1 atom stereocenters. The summed E-state index contributed by atoms with van der Waals surface area (Å²) in [7, 11) is 0. The molecule has 0 bridgehead atoms. The third kappa shape index (κ3) is 3.17. The third-order valence-electron chi connectivity index (χ3n) is 3.21. The van der Waals surface area contributed by atoms with Crippen molar-refractivity contribution in [1.29, 1.82) is 0 Å². The highest BCUT2D eigenvalue weighted by molar-refractivity contribution is 5.59. The Morgan fingerprint density at radius 3 is 3.05 bits per heavy atom. The van der Waals surface area contributed by atoms with Gasteiger partial charge in [-0.1, -0.05) is 0 Å². The van der Waals surface area contributed by atoms with Crippen LogP contribution >= 0.6 is 0 Å². The van der Waals surface area contributed by atoms with Gasteiger partial charge in [0.05, 0.1) is 24.2 Å². The van der Waals surface area contributed by atoms with Gasteiger partial charge in [-0.15, -0.1) is 0 Å². The highest BCUT2D eigenvalue weighted by atomic mass is 16.6. The van der Waals surface area contributed by atoms with Gasteiger partial charge in [-0.05, 0) is 13.0 Å². The minimum Gasteiger partial charge on any atom is -0.487 e. The molecule has 1 aromatic carbocycles. The standard InChI is InChI=1S/C13H19N3O4/c1-2-19-13-7-10(3-4-12(13)16(17)18)15-5-6-20-11(8-14)9-15/h3-4,7,11H,2,5-6,8-9,14H2,1H3. The van der Waals surface area contributed by atoms with Crippen LogP contribution in [0.2, 0.25) is 0 Å². The second-order valence-corrected chi connectivity index (χ2v) is 4.52. The van der Waals surface area contributed by atoms with Crippen LogP contribution in [0.25, 0.3) is 0 Å². The van der Waals surface area contributed by atoms with Crippen LogP contribution in [-0.4, -0.2) is 43.9 Å². The number of nitrogens with zero attached hydrogens (tertiary/aromatic N) is 2. The molecular weight excluding hydrogens is 262 g/mol. The average molecular weight is 281 g/mol. The van der Waals surface area contributed by atoms with Crippen LogP contribution in [0.1, 0.15) is 6.92 Å². The number of nitrogens with two attached hydrogens (primary N) is 1. The zero-order valence-electron chi connectivity index (χ0n) is 11.4. The fourth-order valence-corrected chi connectivity index (χ4v) is 2.22. The summed E-state index contributed by atoms with van der Waals surface area (Å²) in [5.41, 5.74) is 6.49. The normalized spacial score (nSPS) is 18.9. The lowest BCUT2D eigenvalue weighted by atomic mass is 10.2. The predicted octanol–water partition coefficient (Wildman–Crippen LogP) is 1.16. The molecular formula is C13H19N3O4. The minimum absolute atomic E-state index is 0.00511. The first-order chi connectivity index (χ1) is 9.65. The van der Waals surface area contributed by atoms with Crippen molar-refractivity contribution >= 4 is 11.4 Å². The molecule has 110 valence electrons. The summed E-state index contributed by atoms with van der Waals surface area (Å²) in [6.45, 7) is 4.67. The van der Waals surface area contributed by atoms with E-state index < -0.39 is 4.92 Å². The predicted molar refractivity (Wildman–Crippen MR) is 75.3 cm³/mol. The lowest BCUT2D eigenvalue weighted by Gasteiger charge is -2.34. The first kappa shape index (κ1) is 14.5. The van der Waals surface area contributed by atoms with Gasteiger partial charge in [-0.3, -0.25) is 10.1 Å². The molecule has 7 heteroatoms. The van der Waals surface area contributed by atoms with E-state index in [0.29, 0.717) is 32.1 Å². The number of morpholine rings is 1. The van der Waals surface area contributed by atoms with Gasteiger partial charge in [0.2, 0.25) is 0 Å². The van der Waals surface area contributed by atoms with Crippen LogP contribution in [-0.2, 0) is 4.74 Å². The maximum atomic E-state index is 11.0. The summed E-state index contributed by atoms with van der Waals surface area (Å²) in [6, 6.07) is 4.92. The molecule has 0 aliphatic carbocycles. The minimum atomic E-state index is -0.434. The number of ether oxygens (including phenoxy) is 2. The maximum absolute atomic E-state index is 11.0. The molecule has 0 amide bonds. The van der Waals surface area contributed by atoms with Crippen molar-refractivity contribution in [1.82, 2.24) is 0 Å². The summed E-state index contributed by atoms with van der Waals surface area (Å²) in [6.07, 6.45) is -0.00511. The van der Waals surface area contributed by atoms with Gasteiger partial charge in [0, 0.05) is 37.5 Å². The molecule has 1 aliphatic rings. The number of nitro groups is 1. The molecule has 1 unspecified atom stereocenters. The Hall–Kier alpha value is -1.86. The number of rotatable bonds is 5. The number of nitro benzene ring substituents is 1. The smallest absolute Gasteiger partial charge is 0.311 e. The van der Waals surface area contributed by atoms with Gasteiger partial charge in [-0.2, -0.15) is 0 Å². The number of hydrogen-bond acceptors (Lipinski definition) is 6. The van der Waals surface area contributed by atoms with Crippen molar-refractivity contribution in [3.05, 3.63) is 28.3 Å². The van der Waals surface area contributed by atoms with Gasteiger partial charge in [0.1, 0.15) is 0 Å². The van der Waals surface area contributed by atoms with E-state index in [-0.39, 0.29) is 11.8 Å². The first-order valence-electron chi connectivity index (χ1n) is 6.63. The molecule has 1 aromatic rings. The van der Waals surface area contributed by atoms with Crippen molar-refractivity contribution in [2.45, 2.75) is 13.0 Å². The molecule has 2 N–H and O–H groups in total. The quantitative estimate of drug-likeness (QED) is 0.643. The SMILES string of the molecule is CCOc1cc(N2CCOC(CN)C2)ccc1[N+](=O)[O-]. The van der Waals surface area contributed by atoms with Crippen LogP contribution in [0.15, 0.2) is 18.2 Å². The van der Waals surface area contributed by atoms with Crippen molar-refractivity contribution in [2.75, 3.05) is 37.7 Å². The molecule has 7 nitrogen and oxygen atoms in total. The Kier molecular flexibility index (Phi) is 4.75. The van der Waals surface area contributed by atoms with E-state index in [1.165, 1.54) is 6.07 Å². The lowest BCUT2D eigenvalue weighted by molar-refractivity contribution is -0.385. The Morgan fingerprint density at radius 1 is 1.60 bits per heavy atom. The van der Waals surface area contributed by atoms with Crippen molar-refractivity contribution in [3.63, 3.8) is 0 Å². The molecule has 0 saturated carbocycles. The molecule has 1 heterocycles. The summed E-state index contributed by atoms with van der Waals surface area (Å²) >= 11 is 0. The molecule has 0 spiro atoms. The van der Waals surface area contributed by atoms with E-state index in [1.54, 1.807) is 19.1 Å². The molecule has 1 aliphatic heterocycles. The monoisotopic (exact) mass is 281 g/mol. The maximum Gasteiger partial charge on any atom is 0.311 e. The second-order valence-electron chi connectivity index (χ2n) is 4.52. The van der Waals surface area contributed by atoms with E-state index in [2.05, 4.69) is 4.90 Å². The summed E-state index contributed by atoms with van der Waals surface area (Å²) in [4.78, 5) is 12.6. The largest absolute Gasteiger partial charge is 0.487 e. The van der Waals surface area contributed by atoms with Crippen LogP contribution in [0.4, 0.5) is 11.4 Å². The third-order valence-corrected chi connectivity index (χ3v) is 3.21.